The molecule has 2 aromatic rings. The Hall–Kier alpha value is -0.950. The summed E-state index contributed by atoms with van der Waals surface area (Å²) in [4.78, 5) is 0. The zero-order chi connectivity index (χ0) is 11.4. The van der Waals surface area contributed by atoms with Crippen LogP contribution in [-0.4, -0.2) is 6.26 Å². The van der Waals surface area contributed by atoms with E-state index in [0.717, 1.165) is 0 Å². The zero-order valence-electron chi connectivity index (χ0n) is 9.94. The van der Waals surface area contributed by atoms with E-state index in [2.05, 4.69) is 55.6 Å². The van der Waals surface area contributed by atoms with Crippen LogP contribution in [0.15, 0.2) is 42.5 Å². The van der Waals surface area contributed by atoms with Gasteiger partial charge in [0.1, 0.15) is 0 Å². The van der Waals surface area contributed by atoms with Gasteiger partial charge in [-0.3, -0.25) is 0 Å². The van der Waals surface area contributed by atoms with Crippen molar-refractivity contribution in [2.24, 2.45) is 0 Å². The molecule has 0 spiro atoms. The first-order chi connectivity index (χ1) is 7.86. The summed E-state index contributed by atoms with van der Waals surface area (Å²) in [5, 5.41) is 3.41. The number of fused-ring (bicyclic) bond motifs is 1. The van der Waals surface area contributed by atoms with E-state index in [0.29, 0.717) is 5.25 Å². The van der Waals surface area contributed by atoms with Crippen LogP contribution in [0.5, 0.6) is 0 Å². The van der Waals surface area contributed by atoms with Gasteiger partial charge in [-0.1, -0.05) is 55.8 Å². The first-order valence-corrected chi connectivity index (χ1v) is 7.16. The average molecular weight is 230 g/mol. The topological polar surface area (TPSA) is 0 Å². The van der Waals surface area contributed by atoms with Gasteiger partial charge in [0.05, 0.1) is 0 Å². The molecule has 16 heavy (non-hydrogen) atoms. The summed E-state index contributed by atoms with van der Waals surface area (Å²) in [5.41, 5.74) is 1.49. The predicted molar refractivity (Wildman–Crippen MR) is 75.1 cm³/mol. The molecule has 1 atom stereocenters. The van der Waals surface area contributed by atoms with Crippen LogP contribution >= 0.6 is 11.8 Å². The number of benzene rings is 2. The normalized spacial score (nSPS) is 12.9. The quantitative estimate of drug-likeness (QED) is 0.708. The van der Waals surface area contributed by atoms with E-state index in [9.17, 15) is 0 Å². The lowest BCUT2D eigenvalue weighted by Crippen LogP contribution is -1.94. The molecule has 2 rings (SSSR count). The molecule has 0 aromatic heterocycles. The first kappa shape index (κ1) is 11.5. The standard InChI is InChI=1S/C15H18S/c1-3-7-15(16-2)14-11-6-9-12-8-4-5-10-13(12)14/h4-6,8-11,15H,3,7H2,1-2H3. The lowest BCUT2D eigenvalue weighted by molar-refractivity contribution is 0.784. The minimum atomic E-state index is 0.635. The second-order valence-corrected chi connectivity index (χ2v) is 5.12. The van der Waals surface area contributed by atoms with Gasteiger partial charge in [0, 0.05) is 5.25 Å². The molecule has 0 N–H and O–H groups in total. The second kappa shape index (κ2) is 5.40. The first-order valence-electron chi connectivity index (χ1n) is 5.87. The molecule has 0 amide bonds. The van der Waals surface area contributed by atoms with Gasteiger partial charge in [-0.05, 0) is 29.0 Å². The number of hydrogen-bond acceptors (Lipinski definition) is 1. The summed E-state index contributed by atoms with van der Waals surface area (Å²) in [5.74, 6) is 0. The Labute approximate surface area is 102 Å². The van der Waals surface area contributed by atoms with Gasteiger partial charge < -0.3 is 0 Å². The third-order valence-corrected chi connectivity index (χ3v) is 4.06. The smallest absolute Gasteiger partial charge is 0.0300 e. The predicted octanol–water partition coefficient (Wildman–Crippen LogP) is 5.04. The monoisotopic (exact) mass is 230 g/mol. The highest BCUT2D eigenvalue weighted by molar-refractivity contribution is 7.98. The van der Waals surface area contributed by atoms with Gasteiger partial charge in [0.25, 0.3) is 0 Å². The fraction of sp³-hybridized carbons (Fsp3) is 0.333. The highest BCUT2D eigenvalue weighted by Gasteiger charge is 2.11. The molecule has 0 aliphatic heterocycles. The van der Waals surface area contributed by atoms with Crippen LogP contribution in [0.25, 0.3) is 10.8 Å². The second-order valence-electron chi connectivity index (χ2n) is 4.08. The van der Waals surface area contributed by atoms with Gasteiger partial charge in [-0.25, -0.2) is 0 Å². The Morgan fingerprint density at radius 3 is 2.56 bits per heavy atom. The van der Waals surface area contributed by atoms with Crippen LogP contribution in [0.2, 0.25) is 0 Å². The lowest BCUT2D eigenvalue weighted by Gasteiger charge is -2.16. The van der Waals surface area contributed by atoms with Gasteiger partial charge in [0.2, 0.25) is 0 Å². The Bertz CT molecular complexity index is 456. The number of hydrogen-bond donors (Lipinski definition) is 0. The van der Waals surface area contributed by atoms with Crippen molar-refractivity contribution < 1.29 is 0 Å². The molecule has 0 saturated heterocycles. The van der Waals surface area contributed by atoms with Crippen molar-refractivity contribution in [1.29, 1.82) is 0 Å². The molecule has 1 heteroatoms. The number of thioether (sulfide) groups is 1. The molecule has 0 radical (unpaired) electrons. The van der Waals surface area contributed by atoms with Gasteiger partial charge >= 0.3 is 0 Å². The highest BCUT2D eigenvalue weighted by Crippen LogP contribution is 2.35. The average Bonchev–Trinajstić information content (AvgIpc) is 2.35. The molecule has 0 aliphatic rings. The molecule has 0 bridgehead atoms. The maximum atomic E-state index is 2.28. The van der Waals surface area contributed by atoms with Crippen molar-refractivity contribution in [3.05, 3.63) is 48.0 Å². The van der Waals surface area contributed by atoms with Crippen molar-refractivity contribution in [3.8, 4) is 0 Å². The minimum Gasteiger partial charge on any atom is -0.157 e. The van der Waals surface area contributed by atoms with Crippen LogP contribution in [0.1, 0.15) is 30.6 Å². The molecule has 0 heterocycles. The third-order valence-electron chi connectivity index (χ3n) is 3.01. The van der Waals surface area contributed by atoms with Crippen LogP contribution in [0, 0.1) is 0 Å². The van der Waals surface area contributed by atoms with E-state index in [-0.39, 0.29) is 0 Å². The van der Waals surface area contributed by atoms with Gasteiger partial charge in [0.15, 0.2) is 0 Å². The molecule has 0 nitrogen and oxygen atoms in total. The van der Waals surface area contributed by atoms with Gasteiger partial charge in [-0.2, -0.15) is 11.8 Å². The van der Waals surface area contributed by atoms with E-state index < -0.39 is 0 Å². The van der Waals surface area contributed by atoms with E-state index in [1.165, 1.54) is 29.2 Å². The SMILES string of the molecule is CCCC(SC)c1cccc2ccccc12. The summed E-state index contributed by atoms with van der Waals surface area (Å²) in [6, 6.07) is 15.3. The molecular weight excluding hydrogens is 212 g/mol. The minimum absolute atomic E-state index is 0.635. The van der Waals surface area contributed by atoms with Gasteiger partial charge in [-0.15, -0.1) is 0 Å². The molecule has 0 saturated carbocycles. The Balaban J connectivity index is 2.50. The van der Waals surface area contributed by atoms with Crippen LogP contribution < -0.4 is 0 Å². The van der Waals surface area contributed by atoms with E-state index in [1.54, 1.807) is 0 Å². The molecular formula is C15H18S. The summed E-state index contributed by atoms with van der Waals surface area (Å²) >= 11 is 1.96. The summed E-state index contributed by atoms with van der Waals surface area (Å²) in [6.07, 6.45) is 4.71. The van der Waals surface area contributed by atoms with Crippen LogP contribution in [0.3, 0.4) is 0 Å². The highest BCUT2D eigenvalue weighted by atomic mass is 32.2. The Kier molecular flexibility index (Phi) is 3.89. The summed E-state index contributed by atoms with van der Waals surface area (Å²) in [7, 11) is 0. The molecule has 0 fully saturated rings. The zero-order valence-corrected chi connectivity index (χ0v) is 10.8. The molecule has 2 aromatic carbocycles. The van der Waals surface area contributed by atoms with Crippen molar-refractivity contribution in [1.82, 2.24) is 0 Å². The van der Waals surface area contributed by atoms with Crippen LogP contribution in [-0.2, 0) is 0 Å². The Morgan fingerprint density at radius 2 is 1.81 bits per heavy atom. The lowest BCUT2D eigenvalue weighted by atomic mass is 10.00. The molecule has 84 valence electrons. The third kappa shape index (κ3) is 2.25. The maximum absolute atomic E-state index is 2.28. The fourth-order valence-corrected chi connectivity index (χ4v) is 3.12. The maximum Gasteiger partial charge on any atom is 0.0300 e. The van der Waals surface area contributed by atoms with E-state index in [4.69, 9.17) is 0 Å². The van der Waals surface area contributed by atoms with Crippen molar-refractivity contribution >= 4 is 22.5 Å². The van der Waals surface area contributed by atoms with Crippen molar-refractivity contribution in [3.63, 3.8) is 0 Å². The van der Waals surface area contributed by atoms with Crippen molar-refractivity contribution in [2.45, 2.75) is 25.0 Å². The largest absolute Gasteiger partial charge is 0.157 e. The summed E-state index contributed by atoms with van der Waals surface area (Å²) < 4.78 is 0. The Morgan fingerprint density at radius 1 is 1.06 bits per heavy atom. The fourth-order valence-electron chi connectivity index (χ4n) is 2.19. The van der Waals surface area contributed by atoms with Crippen molar-refractivity contribution in [2.75, 3.05) is 6.26 Å². The van der Waals surface area contributed by atoms with Crippen LogP contribution in [0.4, 0.5) is 0 Å². The summed E-state index contributed by atoms with van der Waals surface area (Å²) in [6.45, 7) is 2.26. The molecule has 1 unspecified atom stereocenters. The van der Waals surface area contributed by atoms with E-state index >= 15 is 0 Å². The number of rotatable bonds is 4. The van der Waals surface area contributed by atoms with E-state index in [1.807, 2.05) is 11.8 Å². The molecule has 0 aliphatic carbocycles.